The molecule has 2 fully saturated rings. The highest BCUT2D eigenvalue weighted by Crippen LogP contribution is 2.55. The Balaban J connectivity index is 1.16. The number of esters is 1. The van der Waals surface area contributed by atoms with Gasteiger partial charge in [-0.15, -0.1) is 0 Å². The van der Waals surface area contributed by atoms with Crippen LogP contribution in [0, 0.1) is 11.8 Å². The van der Waals surface area contributed by atoms with Gasteiger partial charge in [-0.2, -0.15) is 0 Å². The van der Waals surface area contributed by atoms with E-state index in [1.807, 2.05) is 18.7 Å². The smallest absolute Gasteiger partial charge is 0.337 e. The van der Waals surface area contributed by atoms with Gasteiger partial charge in [0.15, 0.2) is 0 Å². The summed E-state index contributed by atoms with van der Waals surface area (Å²) in [7, 11) is 3.00. The van der Waals surface area contributed by atoms with Crippen LogP contribution in [0.5, 0.6) is 0 Å². The fraction of sp³-hybridized carbons (Fsp3) is 0.629. The van der Waals surface area contributed by atoms with Gasteiger partial charge in [0.1, 0.15) is 0 Å². The van der Waals surface area contributed by atoms with Crippen LogP contribution < -0.4 is 10.2 Å². The van der Waals surface area contributed by atoms with Crippen LogP contribution in [0.4, 0.5) is 5.69 Å². The highest BCUT2D eigenvalue weighted by Gasteiger charge is 2.62. The summed E-state index contributed by atoms with van der Waals surface area (Å²) < 4.78 is 12.6. The highest BCUT2D eigenvalue weighted by atomic mass is 16.5. The number of rotatable bonds is 16. The number of unbranched alkanes of at least 4 members (excludes halogenated alkanes) is 4. The zero-order valence-electron chi connectivity index (χ0n) is 26.9. The number of carbonyl (C=O) groups is 2. The number of para-hydroxylation sites is 1. The van der Waals surface area contributed by atoms with E-state index in [0.717, 1.165) is 83.5 Å². The molecule has 1 aromatic carbocycles. The van der Waals surface area contributed by atoms with Crippen LogP contribution >= 0.6 is 0 Å². The number of benzene rings is 1. The second-order valence-electron chi connectivity index (χ2n) is 12.7. The number of nitrogens with one attached hydrogen (secondary N) is 1. The van der Waals surface area contributed by atoms with Crippen LogP contribution in [0.15, 0.2) is 54.8 Å². The molecule has 3 aliphatic rings. The minimum atomic E-state index is -0.564. The first-order valence-corrected chi connectivity index (χ1v) is 16.7. The van der Waals surface area contributed by atoms with Gasteiger partial charge in [0.2, 0.25) is 5.91 Å². The normalized spacial score (nSPS) is 25.0. The Bertz CT molecular complexity index is 1260. The van der Waals surface area contributed by atoms with E-state index in [1.54, 1.807) is 13.4 Å². The Kier molecular flexibility index (Phi) is 11.1. The van der Waals surface area contributed by atoms with Crippen LogP contribution in [0.25, 0.3) is 0 Å². The van der Waals surface area contributed by atoms with E-state index in [9.17, 15) is 9.59 Å². The second kappa shape index (κ2) is 15.2. The van der Waals surface area contributed by atoms with Crippen molar-refractivity contribution >= 4 is 17.6 Å². The number of ether oxygens (including phenoxy) is 2. The van der Waals surface area contributed by atoms with E-state index < -0.39 is 5.41 Å². The molecular weight excluding hydrogens is 554 g/mol. The Morgan fingerprint density at radius 3 is 2.66 bits per heavy atom. The maximum atomic E-state index is 14.5. The molecule has 240 valence electrons. The van der Waals surface area contributed by atoms with E-state index >= 15 is 0 Å². The van der Waals surface area contributed by atoms with Crippen LogP contribution in [0.1, 0.15) is 70.3 Å². The largest absolute Gasteiger partial charge is 0.504 e. The van der Waals surface area contributed by atoms with E-state index in [4.69, 9.17) is 9.47 Å². The second-order valence-corrected chi connectivity index (χ2v) is 12.7. The summed E-state index contributed by atoms with van der Waals surface area (Å²) in [4.78, 5) is 36.0. The quantitative estimate of drug-likeness (QED) is 0.126. The van der Waals surface area contributed by atoms with Gasteiger partial charge in [-0.1, -0.05) is 50.8 Å². The van der Waals surface area contributed by atoms with Crippen LogP contribution in [0.2, 0.25) is 0 Å². The number of nitrogens with zero attached hydrogens (tertiary/aromatic N) is 4. The van der Waals surface area contributed by atoms with Crippen molar-refractivity contribution in [3.05, 3.63) is 60.4 Å². The van der Waals surface area contributed by atoms with Gasteiger partial charge >= 0.3 is 5.97 Å². The predicted octanol–water partition coefficient (Wildman–Crippen LogP) is 4.92. The summed E-state index contributed by atoms with van der Waals surface area (Å²) in [6.45, 7) is 7.81. The van der Waals surface area contributed by atoms with Crippen LogP contribution in [0.3, 0.4) is 0 Å². The van der Waals surface area contributed by atoms with Crippen molar-refractivity contribution in [1.82, 2.24) is 19.8 Å². The average molecular weight is 606 g/mol. The first kappa shape index (κ1) is 32.2. The number of amides is 1. The number of piperidine rings is 1. The molecule has 0 aliphatic carbocycles. The van der Waals surface area contributed by atoms with E-state index in [-0.39, 0.29) is 23.8 Å². The van der Waals surface area contributed by atoms with Gasteiger partial charge in [0.05, 0.1) is 37.8 Å². The first-order chi connectivity index (χ1) is 21.5. The van der Waals surface area contributed by atoms with Gasteiger partial charge in [-0.05, 0) is 75.2 Å². The first-order valence-electron chi connectivity index (χ1n) is 16.7. The van der Waals surface area contributed by atoms with E-state index in [0.29, 0.717) is 11.5 Å². The zero-order chi connectivity index (χ0) is 30.9. The Labute approximate surface area is 263 Å². The van der Waals surface area contributed by atoms with E-state index in [2.05, 4.69) is 55.9 Å². The monoisotopic (exact) mass is 605 g/mol. The molecule has 1 spiro atoms. The van der Waals surface area contributed by atoms with Crippen molar-refractivity contribution in [3.8, 4) is 0 Å². The molecular formula is C35H51N5O4. The Hall–Kier alpha value is -3.17. The van der Waals surface area contributed by atoms with Crippen molar-refractivity contribution < 1.29 is 19.1 Å². The molecule has 4 atom stereocenters. The molecule has 2 saturated heterocycles. The number of imidazole rings is 1. The summed E-state index contributed by atoms with van der Waals surface area (Å²) in [5.74, 6) is 0.207. The molecule has 3 aliphatic heterocycles. The maximum absolute atomic E-state index is 14.5. The number of carbonyl (C=O) groups excluding carboxylic acids is 2. The molecule has 0 radical (unpaired) electrons. The van der Waals surface area contributed by atoms with Crippen LogP contribution in [-0.4, -0.2) is 79.3 Å². The lowest BCUT2D eigenvalue weighted by molar-refractivity contribution is -0.137. The lowest BCUT2D eigenvalue weighted by Gasteiger charge is -2.45. The average Bonchev–Trinajstić information content (AvgIpc) is 3.76. The third kappa shape index (κ3) is 6.59. The molecule has 0 saturated carbocycles. The number of hydrogen-bond donors (Lipinski definition) is 1. The SMILES string of the molecule is CC[C@H]1CN2CC[C@]3(C(=O)N(CCCCCCCNCCCn4ccnc4)c4ccccc43)C2CC1/C(=C\OC)C(=O)OC. The maximum Gasteiger partial charge on any atom is 0.337 e. The van der Waals surface area contributed by atoms with Gasteiger partial charge < -0.3 is 24.3 Å². The van der Waals surface area contributed by atoms with Crippen molar-refractivity contribution in [2.75, 3.05) is 51.8 Å². The third-order valence-electron chi connectivity index (χ3n) is 10.3. The number of fused-ring (bicyclic) bond motifs is 4. The van der Waals surface area contributed by atoms with Gasteiger partial charge in [0.25, 0.3) is 0 Å². The predicted molar refractivity (Wildman–Crippen MR) is 172 cm³/mol. The molecule has 1 amide bonds. The fourth-order valence-corrected chi connectivity index (χ4v) is 8.03. The number of methoxy groups -OCH3 is 2. The summed E-state index contributed by atoms with van der Waals surface area (Å²) in [6, 6.07) is 8.48. The molecule has 1 aromatic heterocycles. The molecule has 9 nitrogen and oxygen atoms in total. The molecule has 44 heavy (non-hydrogen) atoms. The summed E-state index contributed by atoms with van der Waals surface area (Å²) in [6.07, 6.45) is 16.6. The molecule has 0 bridgehead atoms. The fourth-order valence-electron chi connectivity index (χ4n) is 8.03. The minimum Gasteiger partial charge on any atom is -0.504 e. The third-order valence-corrected chi connectivity index (χ3v) is 10.3. The van der Waals surface area contributed by atoms with Gasteiger partial charge in [-0.3, -0.25) is 9.69 Å². The Morgan fingerprint density at radius 1 is 1.09 bits per heavy atom. The minimum absolute atomic E-state index is 0.0104. The van der Waals surface area contributed by atoms with Gasteiger partial charge in [-0.25, -0.2) is 9.78 Å². The lowest BCUT2D eigenvalue weighted by Crippen LogP contribution is -2.55. The zero-order valence-corrected chi connectivity index (χ0v) is 26.9. The summed E-state index contributed by atoms with van der Waals surface area (Å²) in [5.41, 5.74) is 2.27. The van der Waals surface area contributed by atoms with Crippen LogP contribution in [-0.2, 0) is 31.0 Å². The van der Waals surface area contributed by atoms with E-state index in [1.165, 1.54) is 31.9 Å². The number of aromatic nitrogens is 2. The van der Waals surface area contributed by atoms with Crippen molar-refractivity contribution in [2.24, 2.45) is 11.8 Å². The molecule has 9 heteroatoms. The van der Waals surface area contributed by atoms with Crippen molar-refractivity contribution in [3.63, 3.8) is 0 Å². The standard InChI is InChI=1S/C35H51N5O4/c1-4-27-24-39-21-15-35(32(39)23-28(27)29(25-43-2)33(41)44-3)30-13-8-9-14-31(30)40(34(35)42)20-11-7-5-6-10-16-36-17-12-19-38-22-18-37-26-38/h8-9,13-14,18,22,25-28,32,36H,4-7,10-12,15-17,19-21,23-24H2,1-3H3/b29-25+/t27-,28?,32?,35+/m0/s1. The lowest BCUT2D eigenvalue weighted by atomic mass is 9.67. The van der Waals surface area contributed by atoms with Crippen molar-refractivity contribution in [1.29, 1.82) is 0 Å². The molecule has 1 N–H and O–H groups in total. The summed E-state index contributed by atoms with van der Waals surface area (Å²) in [5, 5.41) is 3.56. The number of aryl methyl sites for hydroxylation is 1. The number of anilines is 1. The molecule has 5 rings (SSSR count). The molecule has 2 unspecified atom stereocenters. The number of hydrogen-bond acceptors (Lipinski definition) is 7. The molecule has 2 aromatic rings. The van der Waals surface area contributed by atoms with Gasteiger partial charge in [0, 0.05) is 43.8 Å². The Morgan fingerprint density at radius 2 is 1.89 bits per heavy atom. The van der Waals surface area contributed by atoms with Crippen molar-refractivity contribution in [2.45, 2.75) is 82.7 Å². The molecule has 4 heterocycles. The highest BCUT2D eigenvalue weighted by molar-refractivity contribution is 6.09. The summed E-state index contributed by atoms with van der Waals surface area (Å²) >= 11 is 0. The topological polar surface area (TPSA) is 88.9 Å².